The minimum atomic E-state index is -4.94. The van der Waals surface area contributed by atoms with Gasteiger partial charge in [0.25, 0.3) is 6.43 Å². The highest BCUT2D eigenvalue weighted by Gasteiger charge is 2.33. The molecule has 9 heteroatoms. The van der Waals surface area contributed by atoms with Crippen LogP contribution in [0.5, 0.6) is 5.75 Å². The number of rotatable bonds is 2. The maximum absolute atomic E-state index is 12.3. The molecule has 0 bridgehead atoms. The largest absolute Gasteiger partial charge is 0.573 e. The van der Waals surface area contributed by atoms with Gasteiger partial charge < -0.3 is 10.5 Å². The Hall–Kier alpha value is -0.870. The van der Waals surface area contributed by atoms with E-state index in [0.717, 1.165) is 0 Å². The van der Waals surface area contributed by atoms with E-state index in [-0.39, 0.29) is 3.57 Å². The first-order chi connectivity index (χ1) is 7.22. The number of ether oxygens (including phenoxy) is 1. The Morgan fingerprint density at radius 3 is 2.38 bits per heavy atom. The minimum absolute atomic E-state index is 0.255. The molecule has 0 saturated carbocycles. The number of hydrogen-bond acceptors (Lipinski definition) is 3. The zero-order chi connectivity index (χ0) is 12.5. The van der Waals surface area contributed by atoms with Crippen LogP contribution in [0.2, 0.25) is 0 Å². The molecule has 1 rings (SSSR count). The molecule has 1 aromatic rings. The summed E-state index contributed by atoms with van der Waals surface area (Å²) < 4.78 is 63.4. The van der Waals surface area contributed by atoms with Crippen LogP contribution in [0, 0.1) is 3.57 Å². The van der Waals surface area contributed by atoms with Crippen LogP contribution in [0.4, 0.5) is 27.6 Å². The number of nitrogens with two attached hydrogens (primary N) is 1. The van der Waals surface area contributed by atoms with Gasteiger partial charge in [0.15, 0.2) is 5.75 Å². The summed E-state index contributed by atoms with van der Waals surface area (Å²) in [6, 6.07) is 0. The van der Waals surface area contributed by atoms with Crippen molar-refractivity contribution in [2.24, 2.45) is 0 Å². The number of alkyl halides is 5. The van der Waals surface area contributed by atoms with Gasteiger partial charge in [-0.3, -0.25) is 4.98 Å². The van der Waals surface area contributed by atoms with Crippen molar-refractivity contribution in [3.05, 3.63) is 15.5 Å². The van der Waals surface area contributed by atoms with E-state index < -0.39 is 29.9 Å². The van der Waals surface area contributed by atoms with Crippen molar-refractivity contribution in [1.29, 1.82) is 0 Å². The summed E-state index contributed by atoms with van der Waals surface area (Å²) in [5.41, 5.74) is 4.04. The van der Waals surface area contributed by atoms with Crippen LogP contribution in [0.25, 0.3) is 0 Å². The van der Waals surface area contributed by atoms with Crippen LogP contribution < -0.4 is 10.5 Å². The van der Waals surface area contributed by atoms with Gasteiger partial charge in [0.2, 0.25) is 0 Å². The SMILES string of the molecule is Nc1c(OC(F)(F)F)cnc(C(F)F)c1I. The van der Waals surface area contributed by atoms with Crippen LogP contribution >= 0.6 is 22.6 Å². The van der Waals surface area contributed by atoms with E-state index in [2.05, 4.69) is 9.72 Å². The number of hydrogen-bond donors (Lipinski definition) is 1. The summed E-state index contributed by atoms with van der Waals surface area (Å²) in [7, 11) is 0. The zero-order valence-electron chi connectivity index (χ0n) is 7.36. The Morgan fingerprint density at radius 2 is 1.94 bits per heavy atom. The summed E-state index contributed by atoms with van der Waals surface area (Å²) in [5, 5.41) is 0. The molecule has 0 saturated heterocycles. The Kier molecular flexibility index (Phi) is 3.76. The van der Waals surface area contributed by atoms with Gasteiger partial charge in [0, 0.05) is 0 Å². The second kappa shape index (κ2) is 4.55. The molecule has 0 aliphatic rings. The van der Waals surface area contributed by atoms with Crippen molar-refractivity contribution in [3.8, 4) is 5.75 Å². The molecule has 0 aromatic carbocycles. The highest BCUT2D eigenvalue weighted by Crippen LogP contribution is 2.34. The van der Waals surface area contributed by atoms with Gasteiger partial charge in [-0.05, 0) is 22.6 Å². The third kappa shape index (κ3) is 3.06. The van der Waals surface area contributed by atoms with E-state index in [0.29, 0.717) is 6.20 Å². The molecule has 0 amide bonds. The molecule has 0 unspecified atom stereocenters. The zero-order valence-corrected chi connectivity index (χ0v) is 9.51. The normalized spacial score (nSPS) is 11.9. The molecule has 0 radical (unpaired) electrons. The van der Waals surface area contributed by atoms with Crippen LogP contribution in [0.1, 0.15) is 12.1 Å². The second-order valence-electron chi connectivity index (χ2n) is 2.58. The van der Waals surface area contributed by atoms with Crippen molar-refractivity contribution in [3.63, 3.8) is 0 Å². The number of aromatic nitrogens is 1. The third-order valence-electron chi connectivity index (χ3n) is 1.48. The number of halogens is 6. The van der Waals surface area contributed by atoms with E-state index in [1.54, 1.807) is 0 Å². The fourth-order valence-corrected chi connectivity index (χ4v) is 1.50. The van der Waals surface area contributed by atoms with Crippen LogP contribution in [-0.4, -0.2) is 11.3 Å². The number of pyridine rings is 1. The Bertz CT molecular complexity index is 395. The molecule has 3 nitrogen and oxygen atoms in total. The van der Waals surface area contributed by atoms with Gasteiger partial charge in [-0.2, -0.15) is 0 Å². The topological polar surface area (TPSA) is 48.1 Å². The predicted octanol–water partition coefficient (Wildman–Crippen LogP) is 3.10. The lowest BCUT2D eigenvalue weighted by atomic mass is 10.3. The van der Waals surface area contributed by atoms with Crippen molar-refractivity contribution in [2.75, 3.05) is 5.73 Å². The quantitative estimate of drug-likeness (QED) is 0.656. The smallest absolute Gasteiger partial charge is 0.402 e. The fourth-order valence-electron chi connectivity index (χ4n) is 0.859. The Labute approximate surface area is 99.9 Å². The van der Waals surface area contributed by atoms with Gasteiger partial charge in [0.1, 0.15) is 5.69 Å². The van der Waals surface area contributed by atoms with Crippen molar-refractivity contribution < 1.29 is 26.7 Å². The van der Waals surface area contributed by atoms with Crippen molar-refractivity contribution in [2.45, 2.75) is 12.8 Å². The first kappa shape index (κ1) is 13.2. The van der Waals surface area contributed by atoms with E-state index >= 15 is 0 Å². The maximum atomic E-state index is 12.3. The highest BCUT2D eigenvalue weighted by molar-refractivity contribution is 14.1. The van der Waals surface area contributed by atoms with Crippen LogP contribution in [0.15, 0.2) is 6.20 Å². The molecular weight excluding hydrogens is 350 g/mol. The molecule has 0 spiro atoms. The lowest BCUT2D eigenvalue weighted by Gasteiger charge is -2.13. The number of anilines is 1. The Balaban J connectivity index is 3.12. The third-order valence-corrected chi connectivity index (χ3v) is 2.61. The first-order valence-electron chi connectivity index (χ1n) is 3.70. The molecule has 0 fully saturated rings. The molecular formula is C7H4F5IN2O. The summed E-state index contributed by atoms with van der Waals surface area (Å²) in [6.07, 6.45) is -7.33. The summed E-state index contributed by atoms with van der Waals surface area (Å²) in [4.78, 5) is 3.16. The number of nitrogens with zero attached hydrogens (tertiary/aromatic N) is 1. The Morgan fingerprint density at radius 1 is 1.38 bits per heavy atom. The molecule has 90 valence electrons. The van der Waals surface area contributed by atoms with E-state index in [1.165, 1.54) is 22.6 Å². The average Bonchev–Trinajstić information content (AvgIpc) is 2.10. The van der Waals surface area contributed by atoms with Gasteiger partial charge in [-0.15, -0.1) is 13.2 Å². The molecule has 2 N–H and O–H groups in total. The molecule has 1 heterocycles. The van der Waals surface area contributed by atoms with E-state index in [4.69, 9.17) is 5.73 Å². The lowest BCUT2D eigenvalue weighted by molar-refractivity contribution is -0.274. The van der Waals surface area contributed by atoms with Crippen molar-refractivity contribution in [1.82, 2.24) is 4.98 Å². The molecule has 0 aliphatic heterocycles. The van der Waals surface area contributed by atoms with E-state index in [9.17, 15) is 22.0 Å². The maximum Gasteiger partial charge on any atom is 0.573 e. The number of nitrogen functional groups attached to an aromatic ring is 1. The van der Waals surface area contributed by atoms with Gasteiger partial charge >= 0.3 is 6.36 Å². The van der Waals surface area contributed by atoms with Crippen LogP contribution in [0.3, 0.4) is 0 Å². The minimum Gasteiger partial charge on any atom is -0.402 e. The predicted molar refractivity (Wildman–Crippen MR) is 53.0 cm³/mol. The van der Waals surface area contributed by atoms with Gasteiger partial charge in [0.05, 0.1) is 15.5 Å². The second-order valence-corrected chi connectivity index (χ2v) is 3.66. The van der Waals surface area contributed by atoms with Gasteiger partial charge in [-0.25, -0.2) is 8.78 Å². The summed E-state index contributed by atoms with van der Waals surface area (Å²) in [5.74, 6) is -0.790. The summed E-state index contributed by atoms with van der Waals surface area (Å²) in [6.45, 7) is 0. The standard InChI is InChI=1S/C7H4F5IN2O/c8-6(9)5-3(13)4(14)2(1-15-5)16-7(10,11)12/h1,6H,(H2,14,15). The van der Waals surface area contributed by atoms with Gasteiger partial charge in [-0.1, -0.05) is 0 Å². The average molecular weight is 354 g/mol. The molecule has 1 aromatic heterocycles. The molecule has 0 aliphatic carbocycles. The van der Waals surface area contributed by atoms with Crippen molar-refractivity contribution >= 4 is 28.3 Å². The van der Waals surface area contributed by atoms with E-state index in [1.807, 2.05) is 0 Å². The molecule has 16 heavy (non-hydrogen) atoms. The lowest BCUT2D eigenvalue weighted by Crippen LogP contribution is -2.19. The summed E-state index contributed by atoms with van der Waals surface area (Å²) >= 11 is 1.38. The van der Waals surface area contributed by atoms with Crippen LogP contribution in [-0.2, 0) is 0 Å². The monoisotopic (exact) mass is 354 g/mol. The highest BCUT2D eigenvalue weighted by atomic mass is 127. The first-order valence-corrected chi connectivity index (χ1v) is 4.78. The molecule has 0 atom stereocenters. The fraction of sp³-hybridized carbons (Fsp3) is 0.286.